The van der Waals surface area contributed by atoms with Gasteiger partial charge in [0.05, 0.1) is 0 Å². The molecular weight excluding hydrogens is 188 g/mol. The molecule has 0 amide bonds. The molecule has 0 bridgehead atoms. The van der Waals surface area contributed by atoms with E-state index < -0.39 is 9.76 Å². The zero-order valence-corrected chi connectivity index (χ0v) is 10.7. The third-order valence-electron chi connectivity index (χ3n) is 2.99. The van der Waals surface area contributed by atoms with Crippen molar-refractivity contribution in [3.8, 4) is 12.3 Å². The van der Waals surface area contributed by atoms with Crippen molar-refractivity contribution in [2.75, 3.05) is 0 Å². The van der Waals surface area contributed by atoms with Crippen LogP contribution in [0.15, 0.2) is 11.3 Å². The molecule has 0 saturated heterocycles. The monoisotopic (exact) mass is 208 g/mol. The molecule has 1 aliphatic carbocycles. The molecule has 0 aromatic heterocycles. The summed E-state index contributed by atoms with van der Waals surface area (Å²) < 4.78 is 6.01. The molecule has 78 valence electrons. The summed E-state index contributed by atoms with van der Waals surface area (Å²) in [4.78, 5) is 0. The molecule has 0 spiro atoms. The topological polar surface area (TPSA) is 9.23 Å². The number of terminal acetylenes is 1. The summed E-state index contributed by atoms with van der Waals surface area (Å²) in [5.41, 5.74) is -0.200. The van der Waals surface area contributed by atoms with Crippen molar-refractivity contribution in [1.29, 1.82) is 0 Å². The van der Waals surface area contributed by atoms with Crippen LogP contribution in [0.2, 0.25) is 0 Å². The fourth-order valence-corrected chi connectivity index (χ4v) is 2.83. The fraction of sp³-hybridized carbons (Fsp3) is 0.667. The lowest BCUT2D eigenvalue weighted by Crippen LogP contribution is -2.34. The Balaban J connectivity index is 2.49. The van der Waals surface area contributed by atoms with Crippen LogP contribution in [0.25, 0.3) is 0 Å². The molecule has 0 aromatic rings. The number of allylic oxidation sites excluding steroid dienone is 2. The van der Waals surface area contributed by atoms with E-state index in [1.54, 1.807) is 0 Å². The molecule has 0 heterocycles. The molecular formula is C12H20OSi. The van der Waals surface area contributed by atoms with Crippen LogP contribution in [-0.2, 0) is 4.43 Å². The second kappa shape index (κ2) is 5.38. The Hall–Kier alpha value is -0.523. The van der Waals surface area contributed by atoms with Crippen molar-refractivity contribution in [2.24, 2.45) is 0 Å². The van der Waals surface area contributed by atoms with Gasteiger partial charge in [-0.15, -0.1) is 6.42 Å². The number of rotatable bonds is 3. The van der Waals surface area contributed by atoms with Crippen LogP contribution in [0.1, 0.15) is 46.0 Å². The van der Waals surface area contributed by atoms with E-state index in [0.29, 0.717) is 0 Å². The Bertz CT molecular complexity index is 244. The van der Waals surface area contributed by atoms with Crippen molar-refractivity contribution in [3.05, 3.63) is 11.3 Å². The molecule has 1 rings (SSSR count). The van der Waals surface area contributed by atoms with E-state index in [0.717, 1.165) is 12.8 Å². The van der Waals surface area contributed by atoms with Gasteiger partial charge in [0.25, 0.3) is 0 Å². The lowest BCUT2D eigenvalue weighted by Gasteiger charge is -2.33. The maximum Gasteiger partial charge on any atom is 0.189 e. The molecule has 0 atom stereocenters. The molecule has 14 heavy (non-hydrogen) atoms. The standard InChI is InChI=1S/C12H20OSi/c1-4-11(3)14-13-12(5-2)9-7-6-8-10-12/h2,4H,6-10,14H2,1,3H3. The minimum absolute atomic E-state index is 0.200. The molecule has 0 unspecified atom stereocenters. The maximum atomic E-state index is 6.01. The summed E-state index contributed by atoms with van der Waals surface area (Å²) in [7, 11) is -0.558. The zero-order chi connectivity index (χ0) is 10.4. The van der Waals surface area contributed by atoms with Gasteiger partial charge in [-0.1, -0.05) is 23.6 Å². The van der Waals surface area contributed by atoms with Crippen LogP contribution < -0.4 is 0 Å². The van der Waals surface area contributed by atoms with Crippen LogP contribution in [0.3, 0.4) is 0 Å². The lowest BCUT2D eigenvalue weighted by molar-refractivity contribution is 0.0938. The third kappa shape index (κ3) is 3.00. The van der Waals surface area contributed by atoms with Crippen LogP contribution >= 0.6 is 0 Å². The smallest absolute Gasteiger partial charge is 0.189 e. The first-order chi connectivity index (χ1) is 6.72. The third-order valence-corrected chi connectivity index (χ3v) is 4.55. The van der Waals surface area contributed by atoms with Crippen LogP contribution in [0.4, 0.5) is 0 Å². The molecule has 0 aromatic carbocycles. The van der Waals surface area contributed by atoms with Crippen LogP contribution in [0.5, 0.6) is 0 Å². The van der Waals surface area contributed by atoms with E-state index in [1.807, 2.05) is 0 Å². The quantitative estimate of drug-likeness (QED) is 0.511. The molecule has 1 saturated carbocycles. The first kappa shape index (κ1) is 11.6. The van der Waals surface area contributed by atoms with Gasteiger partial charge in [-0.3, -0.25) is 0 Å². The molecule has 0 aliphatic heterocycles. The predicted molar refractivity (Wildman–Crippen MR) is 63.7 cm³/mol. The van der Waals surface area contributed by atoms with Crippen LogP contribution in [0, 0.1) is 12.3 Å². The van der Waals surface area contributed by atoms with Crippen molar-refractivity contribution < 1.29 is 4.43 Å². The zero-order valence-electron chi connectivity index (χ0n) is 9.31. The van der Waals surface area contributed by atoms with E-state index in [1.165, 1.54) is 24.5 Å². The van der Waals surface area contributed by atoms with Crippen molar-refractivity contribution >= 4 is 9.76 Å². The second-order valence-corrected chi connectivity index (χ2v) is 5.82. The van der Waals surface area contributed by atoms with E-state index >= 15 is 0 Å². The van der Waals surface area contributed by atoms with Crippen molar-refractivity contribution in [2.45, 2.75) is 51.6 Å². The predicted octanol–water partition coefficient (Wildman–Crippen LogP) is 2.35. The van der Waals surface area contributed by atoms with Gasteiger partial charge in [0, 0.05) is 0 Å². The largest absolute Gasteiger partial charge is 0.403 e. The van der Waals surface area contributed by atoms with Gasteiger partial charge in [0.2, 0.25) is 0 Å². The Morgan fingerprint density at radius 2 is 2.07 bits per heavy atom. The molecule has 1 fully saturated rings. The summed E-state index contributed by atoms with van der Waals surface area (Å²) in [5.74, 6) is 2.88. The number of hydrogen-bond donors (Lipinski definition) is 0. The van der Waals surface area contributed by atoms with Crippen molar-refractivity contribution in [3.63, 3.8) is 0 Å². The highest BCUT2D eigenvalue weighted by Gasteiger charge is 2.29. The van der Waals surface area contributed by atoms with E-state index in [4.69, 9.17) is 10.8 Å². The maximum absolute atomic E-state index is 6.01. The second-order valence-electron chi connectivity index (χ2n) is 4.12. The van der Waals surface area contributed by atoms with E-state index in [9.17, 15) is 0 Å². The van der Waals surface area contributed by atoms with E-state index in [-0.39, 0.29) is 5.60 Å². The Labute approximate surface area is 89.9 Å². The highest BCUT2D eigenvalue weighted by atomic mass is 28.2. The van der Waals surface area contributed by atoms with Gasteiger partial charge in [-0.25, -0.2) is 0 Å². The first-order valence-electron chi connectivity index (χ1n) is 5.46. The normalized spacial score (nSPS) is 22.5. The first-order valence-corrected chi connectivity index (χ1v) is 6.74. The lowest BCUT2D eigenvalue weighted by atomic mass is 9.86. The SMILES string of the molecule is C#CC1(O[SiH2]C(C)=CC)CCCCC1. The van der Waals surface area contributed by atoms with Gasteiger partial charge < -0.3 is 4.43 Å². The minimum atomic E-state index is -0.558. The average molecular weight is 208 g/mol. The van der Waals surface area contributed by atoms with Gasteiger partial charge in [-0.2, -0.15) is 0 Å². The van der Waals surface area contributed by atoms with Gasteiger partial charge >= 0.3 is 0 Å². The number of hydrogen-bond acceptors (Lipinski definition) is 1. The Morgan fingerprint density at radius 3 is 2.57 bits per heavy atom. The van der Waals surface area contributed by atoms with Crippen molar-refractivity contribution in [1.82, 2.24) is 0 Å². The highest BCUT2D eigenvalue weighted by Crippen LogP contribution is 2.30. The summed E-state index contributed by atoms with van der Waals surface area (Å²) in [5, 5.41) is 1.39. The molecule has 0 N–H and O–H groups in total. The summed E-state index contributed by atoms with van der Waals surface area (Å²) in [6.07, 6.45) is 13.6. The molecule has 0 radical (unpaired) electrons. The summed E-state index contributed by atoms with van der Waals surface area (Å²) in [6.45, 7) is 4.20. The summed E-state index contributed by atoms with van der Waals surface area (Å²) >= 11 is 0. The Morgan fingerprint density at radius 1 is 1.43 bits per heavy atom. The minimum Gasteiger partial charge on any atom is -0.403 e. The summed E-state index contributed by atoms with van der Waals surface area (Å²) in [6, 6.07) is 0. The molecule has 2 heteroatoms. The molecule has 1 aliphatic rings. The fourth-order valence-electron chi connectivity index (χ4n) is 1.79. The molecule has 1 nitrogen and oxygen atoms in total. The Kier molecular flexibility index (Phi) is 4.44. The van der Waals surface area contributed by atoms with Gasteiger partial charge in [0.15, 0.2) is 9.76 Å². The van der Waals surface area contributed by atoms with Gasteiger partial charge in [0.1, 0.15) is 5.60 Å². The highest BCUT2D eigenvalue weighted by molar-refractivity contribution is 6.37. The van der Waals surface area contributed by atoms with Gasteiger partial charge in [-0.05, 0) is 39.5 Å². The van der Waals surface area contributed by atoms with E-state index in [2.05, 4.69) is 25.8 Å². The van der Waals surface area contributed by atoms with Crippen LogP contribution in [-0.4, -0.2) is 15.4 Å². The average Bonchev–Trinajstić information content (AvgIpc) is 2.27.